The quantitative estimate of drug-likeness (QED) is 0.281. The number of benzene rings is 2. The van der Waals surface area contributed by atoms with Gasteiger partial charge in [0.2, 0.25) is 0 Å². The summed E-state index contributed by atoms with van der Waals surface area (Å²) in [7, 11) is 1.21. The van der Waals surface area contributed by atoms with Gasteiger partial charge in [0, 0.05) is 10.7 Å². The van der Waals surface area contributed by atoms with Crippen molar-refractivity contribution in [2.45, 2.75) is 17.9 Å². The zero-order chi connectivity index (χ0) is 21.4. The van der Waals surface area contributed by atoms with Crippen molar-refractivity contribution in [3.05, 3.63) is 54.1 Å². The molecule has 29 heavy (non-hydrogen) atoms. The van der Waals surface area contributed by atoms with E-state index in [1.54, 1.807) is 31.2 Å². The van der Waals surface area contributed by atoms with Crippen LogP contribution in [0.5, 0.6) is 5.75 Å². The van der Waals surface area contributed by atoms with Crippen LogP contribution in [-0.2, 0) is 18.6 Å². The van der Waals surface area contributed by atoms with Crippen molar-refractivity contribution in [2.24, 2.45) is 10.2 Å². The summed E-state index contributed by atoms with van der Waals surface area (Å²) < 4.78 is 33.1. The highest BCUT2D eigenvalue weighted by Crippen LogP contribution is 2.32. The lowest BCUT2D eigenvalue weighted by molar-refractivity contribution is -0.143. The SMILES string of the molecule is CCOC(=O)C(C#N)N=Nc1cc(S(=O)(=O)Cl)ccc1OC(=O)c1ccccc1. The van der Waals surface area contributed by atoms with E-state index in [0.717, 1.165) is 18.2 Å². The molecule has 1 unspecified atom stereocenters. The highest BCUT2D eigenvalue weighted by Gasteiger charge is 2.20. The molecule has 0 amide bonds. The summed E-state index contributed by atoms with van der Waals surface area (Å²) in [6, 6.07) is 11.3. The van der Waals surface area contributed by atoms with Crippen LogP contribution in [0.25, 0.3) is 0 Å². The molecule has 2 aromatic carbocycles. The number of hydrogen-bond acceptors (Lipinski definition) is 9. The summed E-state index contributed by atoms with van der Waals surface area (Å²) in [5.41, 5.74) is 0.0198. The van der Waals surface area contributed by atoms with E-state index < -0.39 is 27.0 Å². The third-order valence-electron chi connectivity index (χ3n) is 3.34. The highest BCUT2D eigenvalue weighted by molar-refractivity contribution is 8.13. The van der Waals surface area contributed by atoms with Crippen LogP contribution < -0.4 is 4.74 Å². The molecule has 2 rings (SSSR count). The first-order valence-electron chi connectivity index (χ1n) is 8.09. The molecule has 0 aromatic heterocycles. The fourth-order valence-electron chi connectivity index (χ4n) is 2.01. The number of halogens is 1. The van der Waals surface area contributed by atoms with Gasteiger partial charge in [-0.05, 0) is 37.3 Å². The summed E-state index contributed by atoms with van der Waals surface area (Å²) in [6.07, 6.45) is 0. The first-order chi connectivity index (χ1) is 13.8. The number of esters is 2. The molecule has 0 saturated carbocycles. The second-order valence-electron chi connectivity index (χ2n) is 5.32. The van der Waals surface area contributed by atoms with Gasteiger partial charge in [-0.25, -0.2) is 18.0 Å². The normalized spacial score (nSPS) is 12.2. The van der Waals surface area contributed by atoms with Crippen LogP contribution in [0.15, 0.2) is 63.7 Å². The van der Waals surface area contributed by atoms with Gasteiger partial charge >= 0.3 is 11.9 Å². The van der Waals surface area contributed by atoms with Crippen LogP contribution >= 0.6 is 10.7 Å². The molecule has 9 nitrogen and oxygen atoms in total. The Balaban J connectivity index is 2.41. The fourth-order valence-corrected chi connectivity index (χ4v) is 2.78. The Kier molecular flexibility index (Phi) is 7.41. The molecular formula is C18H14ClN3O6S. The van der Waals surface area contributed by atoms with Gasteiger partial charge in [-0.1, -0.05) is 18.2 Å². The third kappa shape index (κ3) is 6.10. The minimum Gasteiger partial charge on any atom is -0.464 e. The summed E-state index contributed by atoms with van der Waals surface area (Å²) in [4.78, 5) is 23.6. The zero-order valence-corrected chi connectivity index (χ0v) is 16.6. The second kappa shape index (κ2) is 9.77. The van der Waals surface area contributed by atoms with E-state index in [0.29, 0.717) is 0 Å². The van der Waals surface area contributed by atoms with Crippen LogP contribution in [0.2, 0.25) is 0 Å². The minimum absolute atomic E-state index is 0.0342. The van der Waals surface area contributed by atoms with Gasteiger partial charge in [0.25, 0.3) is 15.1 Å². The molecule has 0 heterocycles. The monoisotopic (exact) mass is 435 g/mol. The standard InChI is InChI=1S/C18H14ClN3O6S/c1-2-27-18(24)15(11-20)22-21-14-10-13(29(19,25)26)8-9-16(14)28-17(23)12-6-4-3-5-7-12/h3-10,15H,2H2,1H3. The molecular weight excluding hydrogens is 422 g/mol. The molecule has 0 aliphatic carbocycles. The van der Waals surface area contributed by atoms with Crippen molar-refractivity contribution in [2.75, 3.05) is 6.61 Å². The number of carbonyl (C=O) groups excluding carboxylic acids is 2. The van der Waals surface area contributed by atoms with E-state index in [9.17, 15) is 18.0 Å². The van der Waals surface area contributed by atoms with E-state index >= 15 is 0 Å². The first-order valence-corrected chi connectivity index (χ1v) is 10.4. The van der Waals surface area contributed by atoms with Crippen LogP contribution in [0.1, 0.15) is 17.3 Å². The molecule has 0 aliphatic heterocycles. The lowest BCUT2D eigenvalue weighted by Gasteiger charge is -2.08. The van der Waals surface area contributed by atoms with Crippen molar-refractivity contribution in [3.8, 4) is 11.8 Å². The molecule has 0 saturated heterocycles. The predicted molar refractivity (Wildman–Crippen MR) is 101 cm³/mol. The number of rotatable bonds is 7. The van der Waals surface area contributed by atoms with Gasteiger partial charge in [-0.2, -0.15) is 15.5 Å². The topological polar surface area (TPSA) is 135 Å². The Labute approximate surface area is 171 Å². The fraction of sp³-hybridized carbons (Fsp3) is 0.167. The van der Waals surface area contributed by atoms with Crippen LogP contribution in [0.4, 0.5) is 5.69 Å². The van der Waals surface area contributed by atoms with Gasteiger partial charge in [0.05, 0.1) is 17.1 Å². The van der Waals surface area contributed by atoms with Gasteiger partial charge in [0.15, 0.2) is 5.75 Å². The van der Waals surface area contributed by atoms with Crippen LogP contribution in [0, 0.1) is 11.3 Å². The lowest BCUT2D eigenvalue weighted by Crippen LogP contribution is -2.19. The van der Waals surface area contributed by atoms with E-state index in [1.807, 2.05) is 0 Å². The van der Waals surface area contributed by atoms with E-state index in [-0.39, 0.29) is 28.5 Å². The molecule has 0 N–H and O–H groups in total. The Morgan fingerprint density at radius 1 is 1.21 bits per heavy atom. The maximum absolute atomic E-state index is 12.3. The maximum Gasteiger partial charge on any atom is 0.347 e. The summed E-state index contributed by atoms with van der Waals surface area (Å²) >= 11 is 0. The Hall–Kier alpha value is -3.29. The minimum atomic E-state index is -4.12. The summed E-state index contributed by atoms with van der Waals surface area (Å²) in [5.74, 6) is -1.80. The maximum atomic E-state index is 12.3. The van der Waals surface area contributed by atoms with Crippen LogP contribution in [-0.4, -0.2) is 33.0 Å². The van der Waals surface area contributed by atoms with Gasteiger partial charge in [0.1, 0.15) is 11.8 Å². The van der Waals surface area contributed by atoms with E-state index in [4.69, 9.17) is 25.4 Å². The molecule has 0 fully saturated rings. The van der Waals surface area contributed by atoms with Crippen molar-refractivity contribution >= 4 is 37.4 Å². The average Bonchev–Trinajstić information content (AvgIpc) is 2.69. The van der Waals surface area contributed by atoms with Crippen molar-refractivity contribution in [1.29, 1.82) is 5.26 Å². The summed E-state index contributed by atoms with van der Waals surface area (Å²) in [6.45, 7) is 1.59. The Morgan fingerprint density at radius 2 is 1.90 bits per heavy atom. The number of azo groups is 1. The largest absolute Gasteiger partial charge is 0.464 e. The molecule has 11 heteroatoms. The number of nitrogens with zero attached hydrogens (tertiary/aromatic N) is 3. The van der Waals surface area contributed by atoms with E-state index in [2.05, 4.69) is 10.2 Å². The van der Waals surface area contributed by atoms with E-state index in [1.165, 1.54) is 12.1 Å². The number of nitriles is 1. The lowest BCUT2D eigenvalue weighted by atomic mass is 10.2. The van der Waals surface area contributed by atoms with Gasteiger partial charge in [-0.15, -0.1) is 0 Å². The highest BCUT2D eigenvalue weighted by atomic mass is 35.7. The molecule has 0 aliphatic rings. The molecule has 0 spiro atoms. The van der Waals surface area contributed by atoms with Crippen molar-refractivity contribution < 1.29 is 27.5 Å². The third-order valence-corrected chi connectivity index (χ3v) is 4.69. The first kappa shape index (κ1) is 22.0. The number of ether oxygens (including phenoxy) is 2. The Morgan fingerprint density at radius 3 is 2.48 bits per heavy atom. The molecule has 0 radical (unpaired) electrons. The Bertz CT molecular complexity index is 1080. The second-order valence-corrected chi connectivity index (χ2v) is 7.89. The molecule has 150 valence electrons. The molecule has 0 bridgehead atoms. The zero-order valence-electron chi connectivity index (χ0n) is 15.0. The average molecular weight is 436 g/mol. The van der Waals surface area contributed by atoms with Gasteiger partial charge in [-0.3, -0.25) is 0 Å². The molecule has 2 aromatic rings. The number of hydrogen-bond donors (Lipinski definition) is 0. The predicted octanol–water partition coefficient (Wildman–Crippen LogP) is 3.37. The van der Waals surface area contributed by atoms with Crippen molar-refractivity contribution in [3.63, 3.8) is 0 Å². The smallest absolute Gasteiger partial charge is 0.347 e. The van der Waals surface area contributed by atoms with Crippen LogP contribution in [0.3, 0.4) is 0 Å². The summed E-state index contributed by atoms with van der Waals surface area (Å²) in [5, 5.41) is 16.3. The number of carbonyl (C=O) groups is 2. The molecule has 1 atom stereocenters. The van der Waals surface area contributed by atoms with Gasteiger partial charge < -0.3 is 9.47 Å². The van der Waals surface area contributed by atoms with Crippen molar-refractivity contribution in [1.82, 2.24) is 0 Å².